The molecule has 4 aromatic rings. The quantitative estimate of drug-likeness (QED) is 0.149. The van der Waals surface area contributed by atoms with Gasteiger partial charge < -0.3 is 15.7 Å². The summed E-state index contributed by atoms with van der Waals surface area (Å²) < 4.78 is 1.00. The number of phenols is 1. The molecule has 6 heteroatoms. The van der Waals surface area contributed by atoms with E-state index in [1.54, 1.807) is 12.1 Å². The molecule has 0 heterocycles. The molecule has 0 fully saturated rings. The summed E-state index contributed by atoms with van der Waals surface area (Å²) in [5, 5.41) is 26.0. The van der Waals surface area contributed by atoms with Gasteiger partial charge in [0.15, 0.2) is 0 Å². The fourth-order valence-electron chi connectivity index (χ4n) is 3.45. The van der Waals surface area contributed by atoms with E-state index in [1.165, 1.54) is 6.07 Å². The molecule has 0 unspecified atom stereocenters. The van der Waals surface area contributed by atoms with Gasteiger partial charge in [0.1, 0.15) is 5.75 Å². The van der Waals surface area contributed by atoms with E-state index in [4.69, 9.17) is 10.3 Å². The number of nitrogens with zero attached hydrogens (tertiary/aromatic N) is 2. The minimum absolute atomic E-state index is 0.0238. The second-order valence-electron chi connectivity index (χ2n) is 7.74. The van der Waals surface area contributed by atoms with Crippen LogP contribution in [-0.2, 0) is 0 Å². The second-order valence-corrected chi connectivity index (χ2v) is 8.66. The highest BCUT2D eigenvalue weighted by molar-refractivity contribution is 9.10. The first-order valence-electron chi connectivity index (χ1n) is 10.8. The molecule has 0 bridgehead atoms. The van der Waals surface area contributed by atoms with Crippen LogP contribution in [0.15, 0.2) is 107 Å². The molecule has 5 nitrogen and oxygen atoms in total. The fourth-order valence-corrected chi connectivity index (χ4v) is 3.72. The fraction of sp³-hybridized carbons (Fsp3) is 0.0714. The first kappa shape index (κ1) is 23.1. The molecular weight excluding hydrogens is 488 g/mol. The average Bonchev–Trinajstić information content (AvgIpc) is 2.86. The lowest BCUT2D eigenvalue weighted by Gasteiger charge is -2.17. The average molecular weight is 511 g/mol. The van der Waals surface area contributed by atoms with Gasteiger partial charge in [-0.15, -0.1) is 0 Å². The molecule has 34 heavy (non-hydrogen) atoms. The van der Waals surface area contributed by atoms with E-state index in [9.17, 15) is 5.11 Å². The molecule has 0 saturated heterocycles. The number of aliphatic imine (C=N–C) groups is 1. The van der Waals surface area contributed by atoms with Crippen molar-refractivity contribution < 1.29 is 5.11 Å². The van der Waals surface area contributed by atoms with Gasteiger partial charge in [-0.25, -0.2) is 4.99 Å². The Kier molecular flexibility index (Phi) is 7.26. The van der Waals surface area contributed by atoms with Gasteiger partial charge in [-0.05, 0) is 66.1 Å². The normalized spacial score (nSPS) is 12.0. The van der Waals surface area contributed by atoms with E-state index in [-0.39, 0.29) is 11.8 Å². The van der Waals surface area contributed by atoms with Gasteiger partial charge in [0.2, 0.25) is 5.96 Å². The van der Waals surface area contributed by atoms with E-state index < -0.39 is 0 Å². The molecule has 0 radical (unpaired) electrons. The van der Waals surface area contributed by atoms with E-state index in [0.717, 1.165) is 26.9 Å². The maximum absolute atomic E-state index is 10.4. The summed E-state index contributed by atoms with van der Waals surface area (Å²) in [6.45, 7) is 2.00. The summed E-state index contributed by atoms with van der Waals surface area (Å²) in [5.74, 6) is 0.451. The largest absolute Gasteiger partial charge is 0.506 e. The van der Waals surface area contributed by atoms with Crippen LogP contribution >= 0.6 is 15.9 Å². The molecule has 168 valence electrons. The molecule has 0 amide bonds. The summed E-state index contributed by atoms with van der Waals surface area (Å²) in [4.78, 5) is 4.83. The number of benzene rings is 4. The molecule has 0 aliphatic heterocycles. The highest BCUT2D eigenvalue weighted by atomic mass is 79.9. The van der Waals surface area contributed by atoms with Gasteiger partial charge in [0, 0.05) is 10.2 Å². The number of nitrogens with one attached hydrogen (secondary N) is 2. The molecule has 0 aromatic heterocycles. The number of rotatable bonds is 5. The number of halogens is 1. The van der Waals surface area contributed by atoms with Crippen molar-refractivity contribution in [3.8, 4) is 22.9 Å². The summed E-state index contributed by atoms with van der Waals surface area (Å²) >= 11 is 3.47. The summed E-state index contributed by atoms with van der Waals surface area (Å²) in [6, 6.07) is 32.9. The summed E-state index contributed by atoms with van der Waals surface area (Å²) in [7, 11) is 0. The SMILES string of the molecule is C[C@@H](N=C(Nc1ccc(-c2ccccc2)cc1)Nc1ccc(C#N)cc1O)c1ccc(Br)cc1. The van der Waals surface area contributed by atoms with Gasteiger partial charge in [-0.1, -0.05) is 70.5 Å². The number of hydrogen-bond donors (Lipinski definition) is 3. The molecule has 0 aliphatic carbocycles. The Morgan fingerprint density at radius 3 is 2.21 bits per heavy atom. The Morgan fingerprint density at radius 2 is 1.56 bits per heavy atom. The van der Waals surface area contributed by atoms with Crippen LogP contribution in [0.3, 0.4) is 0 Å². The minimum atomic E-state index is -0.146. The minimum Gasteiger partial charge on any atom is -0.506 e. The van der Waals surface area contributed by atoms with Crippen LogP contribution in [0.5, 0.6) is 5.75 Å². The molecule has 0 saturated carbocycles. The predicted octanol–water partition coefficient (Wildman–Crippen LogP) is 7.33. The van der Waals surface area contributed by atoms with Crippen LogP contribution in [-0.4, -0.2) is 11.1 Å². The number of nitriles is 1. The van der Waals surface area contributed by atoms with Gasteiger partial charge in [-0.2, -0.15) is 5.26 Å². The zero-order chi connectivity index (χ0) is 23.9. The monoisotopic (exact) mass is 510 g/mol. The van der Waals surface area contributed by atoms with Crippen molar-refractivity contribution in [3.05, 3.63) is 113 Å². The molecule has 0 aliphatic rings. The van der Waals surface area contributed by atoms with Crippen LogP contribution in [0.25, 0.3) is 11.1 Å². The lowest BCUT2D eigenvalue weighted by molar-refractivity contribution is 0.477. The van der Waals surface area contributed by atoms with Crippen molar-refractivity contribution in [3.63, 3.8) is 0 Å². The van der Waals surface area contributed by atoms with Crippen molar-refractivity contribution in [2.45, 2.75) is 13.0 Å². The van der Waals surface area contributed by atoms with E-state index in [2.05, 4.69) is 38.7 Å². The Bertz CT molecular complexity index is 1330. The van der Waals surface area contributed by atoms with E-state index in [1.807, 2.05) is 79.7 Å². The van der Waals surface area contributed by atoms with Crippen molar-refractivity contribution >= 4 is 33.3 Å². The number of hydrogen-bond acceptors (Lipinski definition) is 3. The highest BCUT2D eigenvalue weighted by Crippen LogP contribution is 2.26. The Morgan fingerprint density at radius 1 is 0.882 bits per heavy atom. The molecule has 0 spiro atoms. The van der Waals surface area contributed by atoms with Crippen LogP contribution in [0.1, 0.15) is 24.1 Å². The zero-order valence-electron chi connectivity index (χ0n) is 18.5. The van der Waals surface area contributed by atoms with Gasteiger partial charge >= 0.3 is 0 Å². The molecule has 1 atom stereocenters. The predicted molar refractivity (Wildman–Crippen MR) is 142 cm³/mol. The topological polar surface area (TPSA) is 80.4 Å². The lowest BCUT2D eigenvalue weighted by Crippen LogP contribution is -2.23. The van der Waals surface area contributed by atoms with E-state index in [0.29, 0.717) is 17.2 Å². The Labute approximate surface area is 207 Å². The van der Waals surface area contributed by atoms with Crippen molar-refractivity contribution in [2.24, 2.45) is 4.99 Å². The maximum Gasteiger partial charge on any atom is 0.201 e. The third-order valence-corrected chi connectivity index (χ3v) is 5.84. The summed E-state index contributed by atoms with van der Waals surface area (Å²) in [6.07, 6.45) is 0. The van der Waals surface area contributed by atoms with Gasteiger partial charge in [0.25, 0.3) is 0 Å². The molecule has 4 rings (SSSR count). The van der Waals surface area contributed by atoms with Gasteiger partial charge in [0.05, 0.1) is 23.4 Å². The number of anilines is 2. The molecule has 3 N–H and O–H groups in total. The lowest BCUT2D eigenvalue weighted by atomic mass is 10.1. The highest BCUT2D eigenvalue weighted by Gasteiger charge is 2.11. The first-order chi connectivity index (χ1) is 16.5. The van der Waals surface area contributed by atoms with Crippen LogP contribution in [0.2, 0.25) is 0 Å². The zero-order valence-corrected chi connectivity index (χ0v) is 20.1. The van der Waals surface area contributed by atoms with Crippen molar-refractivity contribution in [1.82, 2.24) is 0 Å². The van der Waals surface area contributed by atoms with Crippen molar-refractivity contribution in [1.29, 1.82) is 5.26 Å². The first-order valence-corrected chi connectivity index (χ1v) is 11.6. The maximum atomic E-state index is 10.4. The molecule has 4 aromatic carbocycles. The summed E-state index contributed by atoms with van der Waals surface area (Å²) in [5.41, 5.74) is 5.00. The van der Waals surface area contributed by atoms with E-state index >= 15 is 0 Å². The number of aromatic hydroxyl groups is 1. The molecular formula is C28H23BrN4O. The Hall–Kier alpha value is -4.08. The smallest absolute Gasteiger partial charge is 0.201 e. The van der Waals surface area contributed by atoms with Crippen LogP contribution < -0.4 is 10.6 Å². The van der Waals surface area contributed by atoms with Gasteiger partial charge in [-0.3, -0.25) is 0 Å². The third-order valence-electron chi connectivity index (χ3n) is 5.31. The van der Waals surface area contributed by atoms with Crippen LogP contribution in [0.4, 0.5) is 11.4 Å². The standard InChI is InChI=1S/C28H23BrN4O/c1-19(21-8-12-24(29)13-9-21)31-28(33-26-16-7-20(18-30)17-27(26)34)32-25-14-10-23(11-15-25)22-5-3-2-4-6-22/h2-17,19,34H,1H3,(H2,31,32,33)/t19-/m1/s1. The van der Waals surface area contributed by atoms with Crippen molar-refractivity contribution in [2.75, 3.05) is 10.6 Å². The number of phenolic OH excluding ortho intramolecular Hbond substituents is 1. The Balaban J connectivity index is 1.61. The third kappa shape index (κ3) is 5.83. The second kappa shape index (κ2) is 10.7. The number of guanidine groups is 1. The van der Waals surface area contributed by atoms with Crippen LogP contribution in [0, 0.1) is 11.3 Å².